The van der Waals surface area contributed by atoms with Gasteiger partial charge in [0.1, 0.15) is 11.8 Å². The van der Waals surface area contributed by atoms with Crippen molar-refractivity contribution in [2.24, 2.45) is 5.41 Å². The van der Waals surface area contributed by atoms with E-state index in [1.165, 1.54) is 0 Å². The van der Waals surface area contributed by atoms with E-state index in [4.69, 9.17) is 4.74 Å². The van der Waals surface area contributed by atoms with E-state index >= 15 is 0 Å². The number of carbonyl (C=O) groups is 1. The fourth-order valence-electron chi connectivity index (χ4n) is 2.34. The molecule has 1 amide bonds. The van der Waals surface area contributed by atoms with Crippen molar-refractivity contribution in [1.82, 2.24) is 4.90 Å². The molecule has 110 valence electrons. The van der Waals surface area contributed by atoms with E-state index in [1.807, 2.05) is 27.7 Å². The fraction of sp³-hybridized carbons (Fsp3) is 0.800. The molecular formula is C15H26FNO2. The minimum Gasteiger partial charge on any atom is -0.444 e. The Kier molecular flexibility index (Phi) is 4.99. The number of amides is 1. The maximum Gasteiger partial charge on any atom is 0.410 e. The van der Waals surface area contributed by atoms with Crippen LogP contribution in [0, 0.1) is 5.41 Å². The van der Waals surface area contributed by atoms with Crippen LogP contribution in [-0.4, -0.2) is 35.9 Å². The molecule has 0 saturated carbocycles. The van der Waals surface area contributed by atoms with Gasteiger partial charge in [0, 0.05) is 18.5 Å². The highest BCUT2D eigenvalue weighted by molar-refractivity contribution is 5.68. The first-order valence-corrected chi connectivity index (χ1v) is 6.91. The highest BCUT2D eigenvalue weighted by Crippen LogP contribution is 2.37. The predicted octanol–water partition coefficient (Wildman–Crippen LogP) is 3.94. The summed E-state index contributed by atoms with van der Waals surface area (Å²) in [7, 11) is 0. The van der Waals surface area contributed by atoms with Gasteiger partial charge in [-0.3, -0.25) is 0 Å². The number of carbonyl (C=O) groups excluding carboxylic acids is 1. The molecule has 1 rings (SSSR count). The molecule has 1 saturated heterocycles. The van der Waals surface area contributed by atoms with Crippen molar-refractivity contribution in [3.8, 4) is 0 Å². The number of rotatable bonds is 4. The Labute approximate surface area is 115 Å². The molecule has 0 radical (unpaired) electrons. The van der Waals surface area contributed by atoms with Crippen LogP contribution in [0.2, 0.25) is 0 Å². The van der Waals surface area contributed by atoms with Crippen molar-refractivity contribution >= 4 is 6.09 Å². The highest BCUT2D eigenvalue weighted by atomic mass is 19.1. The summed E-state index contributed by atoms with van der Waals surface area (Å²) in [5.74, 6) is 0. The van der Waals surface area contributed by atoms with Crippen LogP contribution in [0.25, 0.3) is 0 Å². The lowest BCUT2D eigenvalue weighted by Crippen LogP contribution is -2.38. The van der Waals surface area contributed by atoms with E-state index in [1.54, 1.807) is 11.0 Å². The van der Waals surface area contributed by atoms with Gasteiger partial charge in [-0.2, -0.15) is 0 Å². The lowest BCUT2D eigenvalue weighted by Gasteiger charge is -2.29. The molecule has 0 aromatic carbocycles. The number of ether oxygens (including phenoxy) is 1. The Balaban J connectivity index is 2.56. The average molecular weight is 271 g/mol. The molecule has 0 aromatic heterocycles. The van der Waals surface area contributed by atoms with Crippen molar-refractivity contribution in [1.29, 1.82) is 0 Å². The molecule has 0 aromatic rings. The zero-order valence-electron chi connectivity index (χ0n) is 12.5. The largest absolute Gasteiger partial charge is 0.444 e. The van der Waals surface area contributed by atoms with Crippen molar-refractivity contribution in [3.63, 3.8) is 0 Å². The molecule has 1 fully saturated rings. The Bertz CT molecular complexity index is 338. The molecule has 4 heteroatoms. The van der Waals surface area contributed by atoms with Gasteiger partial charge in [0.25, 0.3) is 0 Å². The maximum atomic E-state index is 14.2. The molecule has 0 aliphatic carbocycles. The van der Waals surface area contributed by atoms with Gasteiger partial charge < -0.3 is 9.64 Å². The Morgan fingerprint density at radius 1 is 1.58 bits per heavy atom. The maximum absolute atomic E-state index is 14.2. The van der Waals surface area contributed by atoms with E-state index in [9.17, 15) is 9.18 Å². The predicted molar refractivity (Wildman–Crippen MR) is 74.9 cm³/mol. The van der Waals surface area contributed by atoms with Crippen LogP contribution in [0.15, 0.2) is 12.7 Å². The first-order chi connectivity index (χ1) is 8.68. The third-order valence-corrected chi connectivity index (χ3v) is 3.54. The van der Waals surface area contributed by atoms with E-state index in [-0.39, 0.29) is 6.09 Å². The molecule has 1 aliphatic heterocycles. The third kappa shape index (κ3) is 4.51. The van der Waals surface area contributed by atoms with Crippen LogP contribution in [-0.2, 0) is 4.74 Å². The summed E-state index contributed by atoms with van der Waals surface area (Å²) >= 11 is 0. The van der Waals surface area contributed by atoms with Crippen molar-refractivity contribution < 1.29 is 13.9 Å². The van der Waals surface area contributed by atoms with Gasteiger partial charge in [-0.1, -0.05) is 13.0 Å². The number of hydrogen-bond acceptors (Lipinski definition) is 2. The van der Waals surface area contributed by atoms with Crippen LogP contribution in [0.5, 0.6) is 0 Å². The normalized spacial score (nSPS) is 25.2. The molecule has 0 bridgehead atoms. The molecule has 0 spiro atoms. The first-order valence-electron chi connectivity index (χ1n) is 6.91. The summed E-state index contributed by atoms with van der Waals surface area (Å²) in [6, 6.07) is 0. The van der Waals surface area contributed by atoms with Gasteiger partial charge in [-0.25, -0.2) is 9.18 Å². The molecule has 0 N–H and O–H groups in total. The van der Waals surface area contributed by atoms with Crippen molar-refractivity contribution in [2.45, 2.75) is 58.7 Å². The summed E-state index contributed by atoms with van der Waals surface area (Å²) in [6.45, 7) is 12.0. The van der Waals surface area contributed by atoms with Crippen LogP contribution in [0.3, 0.4) is 0 Å². The van der Waals surface area contributed by atoms with Gasteiger partial charge in [0.15, 0.2) is 0 Å². The summed E-state index contributed by atoms with van der Waals surface area (Å²) in [5, 5.41) is 0. The Morgan fingerprint density at radius 2 is 2.21 bits per heavy atom. The monoisotopic (exact) mass is 271 g/mol. The SMILES string of the molecule is C=CCC[C@@H](F)[C@]1(C)CCN(C(=O)OC(C)(C)C)C1. The lowest BCUT2D eigenvalue weighted by molar-refractivity contribution is 0.0249. The molecule has 1 aliphatic rings. The topological polar surface area (TPSA) is 29.5 Å². The van der Waals surface area contributed by atoms with Crippen molar-refractivity contribution in [2.75, 3.05) is 13.1 Å². The number of alkyl halides is 1. The second kappa shape index (κ2) is 5.93. The molecule has 2 atom stereocenters. The fourth-order valence-corrected chi connectivity index (χ4v) is 2.34. The second-order valence-electron chi connectivity index (χ2n) is 6.64. The molecule has 19 heavy (non-hydrogen) atoms. The molecule has 0 unspecified atom stereocenters. The smallest absolute Gasteiger partial charge is 0.410 e. The summed E-state index contributed by atoms with van der Waals surface area (Å²) < 4.78 is 19.6. The zero-order valence-corrected chi connectivity index (χ0v) is 12.5. The Morgan fingerprint density at radius 3 is 2.74 bits per heavy atom. The summed E-state index contributed by atoms with van der Waals surface area (Å²) in [4.78, 5) is 13.6. The van der Waals surface area contributed by atoms with Crippen molar-refractivity contribution in [3.05, 3.63) is 12.7 Å². The summed E-state index contributed by atoms with van der Waals surface area (Å²) in [6.07, 6.45) is 2.32. The molecule has 1 heterocycles. The van der Waals surface area contributed by atoms with E-state index in [0.717, 1.165) is 0 Å². The third-order valence-electron chi connectivity index (χ3n) is 3.54. The van der Waals surface area contributed by atoms with Crippen LogP contribution >= 0.6 is 0 Å². The number of halogens is 1. The Hall–Kier alpha value is -1.06. The highest BCUT2D eigenvalue weighted by Gasteiger charge is 2.43. The lowest BCUT2D eigenvalue weighted by atomic mass is 9.82. The minimum atomic E-state index is -0.905. The van der Waals surface area contributed by atoms with Crippen LogP contribution in [0.4, 0.5) is 9.18 Å². The second-order valence-corrected chi connectivity index (χ2v) is 6.64. The van der Waals surface area contributed by atoms with E-state index in [0.29, 0.717) is 32.4 Å². The first kappa shape index (κ1) is 16.0. The van der Waals surface area contributed by atoms with Gasteiger partial charge in [0.2, 0.25) is 0 Å². The number of nitrogens with zero attached hydrogens (tertiary/aromatic N) is 1. The molecular weight excluding hydrogens is 245 g/mol. The standard InChI is InChI=1S/C15H26FNO2/c1-6-7-8-12(16)15(5)9-10-17(11-15)13(18)19-14(2,3)4/h6,12H,1,7-11H2,2-5H3/t12-,15-/m1/s1. The zero-order chi connectivity index (χ0) is 14.7. The van der Waals surface area contributed by atoms with Gasteiger partial charge in [0.05, 0.1) is 0 Å². The quantitative estimate of drug-likeness (QED) is 0.725. The summed E-state index contributed by atoms with van der Waals surface area (Å²) in [5.41, 5.74) is -0.964. The van der Waals surface area contributed by atoms with E-state index < -0.39 is 17.2 Å². The van der Waals surface area contributed by atoms with Gasteiger partial charge >= 0.3 is 6.09 Å². The molecule has 3 nitrogen and oxygen atoms in total. The van der Waals surface area contributed by atoms with Crippen LogP contribution in [0.1, 0.15) is 47.0 Å². The number of likely N-dealkylation sites (tertiary alicyclic amines) is 1. The average Bonchev–Trinajstić information content (AvgIpc) is 2.68. The van der Waals surface area contributed by atoms with Crippen LogP contribution < -0.4 is 0 Å². The number of allylic oxidation sites excluding steroid dienone is 1. The number of hydrogen-bond donors (Lipinski definition) is 0. The van der Waals surface area contributed by atoms with E-state index in [2.05, 4.69) is 6.58 Å². The minimum absolute atomic E-state index is 0.341. The van der Waals surface area contributed by atoms with Gasteiger partial charge in [-0.15, -0.1) is 6.58 Å². The van der Waals surface area contributed by atoms with Gasteiger partial charge in [-0.05, 0) is 40.0 Å².